The van der Waals surface area contributed by atoms with Gasteiger partial charge in [-0.25, -0.2) is 4.79 Å². The maximum atomic E-state index is 12.0. The van der Waals surface area contributed by atoms with Crippen LogP contribution in [0.25, 0.3) is 10.9 Å². The summed E-state index contributed by atoms with van der Waals surface area (Å²) in [6, 6.07) is 4.39. The van der Waals surface area contributed by atoms with Crippen molar-refractivity contribution in [2.45, 2.75) is 26.8 Å². The Morgan fingerprint density at radius 3 is 2.47 bits per heavy atom. The molecule has 0 radical (unpaired) electrons. The predicted molar refractivity (Wildman–Crippen MR) is 75.3 cm³/mol. The number of hydrogen-bond acceptors (Lipinski definition) is 2. The third kappa shape index (κ3) is 2.24. The van der Waals surface area contributed by atoms with E-state index in [-0.39, 0.29) is 17.2 Å². The van der Waals surface area contributed by atoms with Crippen LogP contribution in [0.2, 0.25) is 5.02 Å². The lowest BCUT2D eigenvalue weighted by Gasteiger charge is -2.19. The van der Waals surface area contributed by atoms with Crippen LogP contribution >= 0.6 is 11.6 Å². The Labute approximate surface area is 115 Å². The molecule has 0 bridgehead atoms. The summed E-state index contributed by atoms with van der Waals surface area (Å²) in [5.74, 6) is -1.11. The van der Waals surface area contributed by atoms with Crippen LogP contribution < -0.4 is 5.43 Å². The lowest BCUT2D eigenvalue weighted by Crippen LogP contribution is -2.20. The fraction of sp³-hybridized carbons (Fsp3) is 0.286. The van der Waals surface area contributed by atoms with Crippen LogP contribution in [0, 0.1) is 6.92 Å². The number of carboxylic acids is 1. The molecule has 2 aromatic rings. The van der Waals surface area contributed by atoms with Gasteiger partial charge in [0.1, 0.15) is 5.69 Å². The number of halogens is 1. The van der Waals surface area contributed by atoms with E-state index in [0.717, 1.165) is 11.6 Å². The van der Waals surface area contributed by atoms with Gasteiger partial charge in [0.05, 0.1) is 5.52 Å². The number of aromatic carboxylic acids is 1. The van der Waals surface area contributed by atoms with E-state index in [1.165, 1.54) is 0 Å². The van der Waals surface area contributed by atoms with Crippen LogP contribution in [0.15, 0.2) is 23.0 Å². The third-order valence-corrected chi connectivity index (χ3v) is 3.25. The van der Waals surface area contributed by atoms with E-state index in [1.807, 2.05) is 20.8 Å². The molecule has 2 rings (SSSR count). The van der Waals surface area contributed by atoms with Gasteiger partial charge >= 0.3 is 5.97 Å². The fourth-order valence-electron chi connectivity index (χ4n) is 2.34. The standard InChI is InChI=1S/C14H14ClNO3/c1-7(2)16-11(14(18)19)6-12(17)10-5-9(15)4-8(3)13(10)16/h4-7H,1-3H3,(H,18,19). The molecule has 1 aromatic carbocycles. The molecular formula is C14H14ClNO3. The molecule has 0 aliphatic heterocycles. The number of fused-ring (bicyclic) bond motifs is 1. The molecule has 5 heteroatoms. The van der Waals surface area contributed by atoms with Gasteiger partial charge in [0, 0.05) is 22.5 Å². The number of aryl methyl sites for hydroxylation is 1. The topological polar surface area (TPSA) is 59.3 Å². The first-order valence-electron chi connectivity index (χ1n) is 5.91. The van der Waals surface area contributed by atoms with Gasteiger partial charge in [0.2, 0.25) is 0 Å². The molecule has 0 fully saturated rings. The Kier molecular flexibility index (Phi) is 3.37. The molecule has 0 atom stereocenters. The number of carbonyl (C=O) groups is 1. The molecule has 1 N–H and O–H groups in total. The summed E-state index contributed by atoms with van der Waals surface area (Å²) in [5, 5.41) is 10.2. The highest BCUT2D eigenvalue weighted by Gasteiger charge is 2.18. The first-order valence-corrected chi connectivity index (χ1v) is 6.29. The van der Waals surface area contributed by atoms with E-state index < -0.39 is 5.97 Å². The first kappa shape index (κ1) is 13.6. The lowest BCUT2D eigenvalue weighted by molar-refractivity contribution is 0.0683. The van der Waals surface area contributed by atoms with Gasteiger partial charge in [-0.3, -0.25) is 4.79 Å². The van der Waals surface area contributed by atoms with Gasteiger partial charge in [0.15, 0.2) is 5.43 Å². The van der Waals surface area contributed by atoms with Gasteiger partial charge in [-0.1, -0.05) is 11.6 Å². The number of carboxylic acid groups (broad SMARTS) is 1. The Bertz CT molecular complexity index is 732. The second-order valence-corrected chi connectivity index (χ2v) is 5.22. The van der Waals surface area contributed by atoms with Crippen molar-refractivity contribution in [2.24, 2.45) is 0 Å². The highest BCUT2D eigenvalue weighted by atomic mass is 35.5. The molecule has 100 valence electrons. The van der Waals surface area contributed by atoms with Crippen LogP contribution in [0.4, 0.5) is 0 Å². The van der Waals surface area contributed by atoms with Crippen LogP contribution in [0.3, 0.4) is 0 Å². The number of benzene rings is 1. The van der Waals surface area contributed by atoms with Crippen molar-refractivity contribution in [1.29, 1.82) is 0 Å². The van der Waals surface area contributed by atoms with Crippen molar-refractivity contribution in [3.05, 3.63) is 44.7 Å². The highest BCUT2D eigenvalue weighted by molar-refractivity contribution is 6.31. The summed E-state index contributed by atoms with van der Waals surface area (Å²) in [4.78, 5) is 23.4. The zero-order valence-electron chi connectivity index (χ0n) is 10.9. The van der Waals surface area contributed by atoms with E-state index in [0.29, 0.717) is 15.9 Å². The molecule has 1 aromatic heterocycles. The van der Waals surface area contributed by atoms with Gasteiger partial charge in [-0.2, -0.15) is 0 Å². The third-order valence-electron chi connectivity index (χ3n) is 3.03. The van der Waals surface area contributed by atoms with Crippen LogP contribution in [-0.2, 0) is 0 Å². The van der Waals surface area contributed by atoms with E-state index in [1.54, 1.807) is 16.7 Å². The van der Waals surface area contributed by atoms with Crippen molar-refractivity contribution in [1.82, 2.24) is 4.57 Å². The zero-order chi connectivity index (χ0) is 14.3. The molecule has 0 spiro atoms. The van der Waals surface area contributed by atoms with Crippen molar-refractivity contribution in [3.63, 3.8) is 0 Å². The average Bonchev–Trinajstić information content (AvgIpc) is 2.28. The first-order chi connectivity index (χ1) is 8.82. The smallest absolute Gasteiger partial charge is 0.352 e. The van der Waals surface area contributed by atoms with Crippen molar-refractivity contribution in [2.75, 3.05) is 0 Å². The molecule has 0 saturated heterocycles. The van der Waals surface area contributed by atoms with Gasteiger partial charge in [-0.15, -0.1) is 0 Å². The Balaban J connectivity index is 3.08. The number of pyridine rings is 1. The normalized spacial score (nSPS) is 11.2. The minimum Gasteiger partial charge on any atom is -0.477 e. The molecule has 4 nitrogen and oxygen atoms in total. The minimum absolute atomic E-state index is 0.00192. The second kappa shape index (κ2) is 4.70. The van der Waals surface area contributed by atoms with Crippen molar-refractivity contribution in [3.8, 4) is 0 Å². The molecule has 0 aliphatic carbocycles. The summed E-state index contributed by atoms with van der Waals surface area (Å²) in [7, 11) is 0. The predicted octanol–water partition coefficient (Wildman–Crippen LogP) is 3.24. The van der Waals surface area contributed by atoms with Crippen molar-refractivity contribution >= 4 is 28.5 Å². The van der Waals surface area contributed by atoms with Crippen LogP contribution in [0.5, 0.6) is 0 Å². The SMILES string of the molecule is Cc1cc(Cl)cc2c(=O)cc(C(=O)O)n(C(C)C)c12. The summed E-state index contributed by atoms with van der Waals surface area (Å²) in [6.45, 7) is 5.58. The quantitative estimate of drug-likeness (QED) is 0.918. The fourth-order valence-corrected chi connectivity index (χ4v) is 2.61. The molecule has 0 saturated carbocycles. The summed E-state index contributed by atoms with van der Waals surface area (Å²) >= 11 is 5.97. The van der Waals surface area contributed by atoms with Crippen LogP contribution in [0.1, 0.15) is 35.9 Å². The van der Waals surface area contributed by atoms with E-state index in [4.69, 9.17) is 11.6 Å². The Morgan fingerprint density at radius 2 is 1.95 bits per heavy atom. The molecule has 1 heterocycles. The maximum absolute atomic E-state index is 12.0. The van der Waals surface area contributed by atoms with Crippen LogP contribution in [-0.4, -0.2) is 15.6 Å². The zero-order valence-corrected chi connectivity index (χ0v) is 11.7. The maximum Gasteiger partial charge on any atom is 0.352 e. The van der Waals surface area contributed by atoms with Gasteiger partial charge < -0.3 is 9.67 Å². The van der Waals surface area contributed by atoms with Crippen molar-refractivity contribution < 1.29 is 9.90 Å². The number of hydrogen-bond donors (Lipinski definition) is 1. The number of aromatic nitrogens is 1. The van der Waals surface area contributed by atoms with Gasteiger partial charge in [0.25, 0.3) is 0 Å². The number of nitrogens with zero attached hydrogens (tertiary/aromatic N) is 1. The monoisotopic (exact) mass is 279 g/mol. The molecular weight excluding hydrogens is 266 g/mol. The molecule has 0 unspecified atom stereocenters. The highest BCUT2D eigenvalue weighted by Crippen LogP contribution is 2.25. The Morgan fingerprint density at radius 1 is 1.32 bits per heavy atom. The lowest BCUT2D eigenvalue weighted by atomic mass is 10.1. The second-order valence-electron chi connectivity index (χ2n) is 4.78. The van der Waals surface area contributed by atoms with E-state index >= 15 is 0 Å². The molecule has 19 heavy (non-hydrogen) atoms. The molecule has 0 aliphatic rings. The average molecular weight is 280 g/mol. The van der Waals surface area contributed by atoms with E-state index in [9.17, 15) is 14.7 Å². The summed E-state index contributed by atoms with van der Waals surface area (Å²) in [5.41, 5.74) is 1.09. The molecule has 0 amide bonds. The largest absolute Gasteiger partial charge is 0.477 e. The Hall–Kier alpha value is -1.81. The summed E-state index contributed by atoms with van der Waals surface area (Å²) in [6.07, 6.45) is 0. The van der Waals surface area contributed by atoms with Gasteiger partial charge in [-0.05, 0) is 38.5 Å². The number of rotatable bonds is 2. The minimum atomic E-state index is -1.11. The van der Waals surface area contributed by atoms with E-state index in [2.05, 4.69) is 0 Å². The summed E-state index contributed by atoms with van der Waals surface area (Å²) < 4.78 is 1.66.